The fourth-order valence-electron chi connectivity index (χ4n) is 2.92. The van der Waals surface area contributed by atoms with Crippen LogP contribution in [0.5, 0.6) is 0 Å². The summed E-state index contributed by atoms with van der Waals surface area (Å²) in [5.41, 5.74) is 3.29. The van der Waals surface area contributed by atoms with Crippen LogP contribution in [0, 0.1) is 0 Å². The molecule has 0 atom stereocenters. The number of benzene rings is 2. The number of furan rings is 1. The number of hydrogen-bond acceptors (Lipinski definition) is 2. The van der Waals surface area contributed by atoms with Crippen LogP contribution in [0.3, 0.4) is 0 Å². The SMILES string of the molecule is CN1C(=O)/C(=C\c2ccc(-c3ccccc3Cl)o2)c2ccccc21. The van der Waals surface area contributed by atoms with Crippen molar-refractivity contribution in [3.05, 3.63) is 77.0 Å². The summed E-state index contributed by atoms with van der Waals surface area (Å²) in [5, 5.41) is 0.632. The van der Waals surface area contributed by atoms with E-state index in [-0.39, 0.29) is 5.91 Å². The molecule has 0 spiro atoms. The van der Waals surface area contributed by atoms with Gasteiger partial charge in [-0.1, -0.05) is 41.9 Å². The van der Waals surface area contributed by atoms with Gasteiger partial charge in [0.15, 0.2) is 0 Å². The molecule has 0 unspecified atom stereocenters. The van der Waals surface area contributed by atoms with Crippen molar-refractivity contribution >= 4 is 34.8 Å². The average molecular weight is 336 g/mol. The van der Waals surface area contributed by atoms with E-state index in [1.165, 1.54) is 0 Å². The zero-order valence-electron chi connectivity index (χ0n) is 13.0. The topological polar surface area (TPSA) is 33.5 Å². The van der Waals surface area contributed by atoms with E-state index in [2.05, 4.69) is 0 Å². The molecule has 0 radical (unpaired) electrons. The Balaban J connectivity index is 1.75. The molecule has 1 aliphatic rings. The Labute approximate surface area is 144 Å². The first-order valence-electron chi connectivity index (χ1n) is 7.59. The largest absolute Gasteiger partial charge is 0.457 e. The second-order valence-corrected chi connectivity index (χ2v) is 6.03. The molecule has 24 heavy (non-hydrogen) atoms. The maximum absolute atomic E-state index is 12.5. The van der Waals surface area contributed by atoms with Gasteiger partial charge < -0.3 is 9.32 Å². The van der Waals surface area contributed by atoms with Gasteiger partial charge in [-0.3, -0.25) is 4.79 Å². The number of hydrogen-bond donors (Lipinski definition) is 0. The Kier molecular flexibility index (Phi) is 3.51. The van der Waals surface area contributed by atoms with Gasteiger partial charge in [0, 0.05) is 18.2 Å². The van der Waals surface area contributed by atoms with Crippen LogP contribution in [0.15, 0.2) is 65.1 Å². The zero-order chi connectivity index (χ0) is 16.7. The number of halogens is 1. The number of nitrogens with zero attached hydrogens (tertiary/aromatic N) is 1. The normalized spacial score (nSPS) is 15.2. The van der Waals surface area contributed by atoms with Crippen LogP contribution in [-0.2, 0) is 4.79 Å². The summed E-state index contributed by atoms with van der Waals surface area (Å²) < 4.78 is 5.88. The molecule has 3 nitrogen and oxygen atoms in total. The van der Waals surface area contributed by atoms with Gasteiger partial charge in [-0.2, -0.15) is 0 Å². The minimum absolute atomic E-state index is 0.0353. The highest BCUT2D eigenvalue weighted by atomic mass is 35.5. The zero-order valence-corrected chi connectivity index (χ0v) is 13.7. The van der Waals surface area contributed by atoms with Gasteiger partial charge in [0.25, 0.3) is 5.91 Å². The van der Waals surface area contributed by atoms with Gasteiger partial charge in [0.05, 0.1) is 16.3 Å². The first-order chi connectivity index (χ1) is 11.6. The van der Waals surface area contributed by atoms with Crippen molar-refractivity contribution in [3.8, 4) is 11.3 Å². The fraction of sp³-hybridized carbons (Fsp3) is 0.0500. The molecule has 3 aromatic rings. The van der Waals surface area contributed by atoms with Crippen molar-refractivity contribution in [3.63, 3.8) is 0 Å². The molecular formula is C20H14ClNO2. The lowest BCUT2D eigenvalue weighted by atomic mass is 10.1. The standard InChI is InChI=1S/C20H14ClNO2/c1-22-18-9-5-3-6-14(18)16(20(22)23)12-13-10-11-19(24-13)15-7-2-4-8-17(15)21/h2-12H,1H3/b16-12-. The molecule has 2 aromatic carbocycles. The highest BCUT2D eigenvalue weighted by molar-refractivity contribution is 6.35. The summed E-state index contributed by atoms with van der Waals surface area (Å²) in [5.74, 6) is 1.27. The van der Waals surface area contributed by atoms with Crippen LogP contribution in [0.1, 0.15) is 11.3 Å². The van der Waals surface area contributed by atoms with Crippen molar-refractivity contribution in [1.29, 1.82) is 0 Å². The van der Waals surface area contributed by atoms with Gasteiger partial charge in [0.1, 0.15) is 11.5 Å². The monoisotopic (exact) mass is 335 g/mol. The lowest BCUT2D eigenvalue weighted by Crippen LogP contribution is -2.20. The van der Waals surface area contributed by atoms with Crippen LogP contribution >= 0.6 is 11.6 Å². The maximum atomic E-state index is 12.5. The van der Waals surface area contributed by atoms with E-state index < -0.39 is 0 Å². The van der Waals surface area contributed by atoms with Gasteiger partial charge in [-0.15, -0.1) is 0 Å². The van der Waals surface area contributed by atoms with E-state index in [4.69, 9.17) is 16.0 Å². The van der Waals surface area contributed by atoms with Crippen LogP contribution in [0.4, 0.5) is 5.69 Å². The Morgan fingerprint density at radius 2 is 1.67 bits per heavy atom. The maximum Gasteiger partial charge on any atom is 0.258 e. The number of rotatable bonds is 2. The fourth-order valence-corrected chi connectivity index (χ4v) is 3.15. The molecule has 4 rings (SSSR count). The second-order valence-electron chi connectivity index (χ2n) is 5.62. The Morgan fingerprint density at radius 1 is 0.958 bits per heavy atom. The Bertz CT molecular complexity index is 971. The molecule has 118 valence electrons. The molecular weight excluding hydrogens is 322 g/mol. The van der Waals surface area contributed by atoms with E-state index in [1.807, 2.05) is 60.7 Å². The minimum Gasteiger partial charge on any atom is -0.457 e. The number of carbonyl (C=O) groups excluding carboxylic acids is 1. The van der Waals surface area contributed by atoms with Gasteiger partial charge in [-0.25, -0.2) is 0 Å². The van der Waals surface area contributed by atoms with E-state index in [1.54, 1.807) is 18.0 Å². The summed E-state index contributed by atoms with van der Waals surface area (Å²) in [4.78, 5) is 14.1. The molecule has 1 aliphatic heterocycles. The molecule has 2 heterocycles. The first-order valence-corrected chi connectivity index (χ1v) is 7.97. The second kappa shape index (κ2) is 5.69. The van der Waals surface area contributed by atoms with Gasteiger partial charge in [-0.05, 0) is 36.4 Å². The van der Waals surface area contributed by atoms with Gasteiger partial charge in [0.2, 0.25) is 0 Å². The van der Waals surface area contributed by atoms with E-state index in [9.17, 15) is 4.79 Å². The summed E-state index contributed by atoms with van der Waals surface area (Å²) in [6, 6.07) is 19.0. The van der Waals surface area contributed by atoms with Crippen LogP contribution in [0.25, 0.3) is 23.0 Å². The molecule has 0 fully saturated rings. The first kappa shape index (κ1) is 14.8. The summed E-state index contributed by atoms with van der Waals surface area (Å²) in [6.07, 6.45) is 1.78. The van der Waals surface area contributed by atoms with Crippen LogP contribution < -0.4 is 4.90 Å². The number of para-hydroxylation sites is 1. The quantitative estimate of drug-likeness (QED) is 0.609. The molecule has 0 saturated heterocycles. The minimum atomic E-state index is -0.0353. The van der Waals surface area contributed by atoms with E-state index >= 15 is 0 Å². The number of likely N-dealkylation sites (N-methyl/N-ethyl adjacent to an activating group) is 1. The predicted molar refractivity (Wildman–Crippen MR) is 96.9 cm³/mol. The molecule has 0 N–H and O–H groups in total. The predicted octanol–water partition coefficient (Wildman–Crippen LogP) is 5.12. The van der Waals surface area contributed by atoms with E-state index in [0.29, 0.717) is 22.1 Å². The molecule has 4 heteroatoms. The highest BCUT2D eigenvalue weighted by Gasteiger charge is 2.29. The smallest absolute Gasteiger partial charge is 0.258 e. The Hall–Kier alpha value is -2.78. The summed E-state index contributed by atoms with van der Waals surface area (Å²) >= 11 is 6.21. The lowest BCUT2D eigenvalue weighted by Gasteiger charge is -2.07. The average Bonchev–Trinajstić information content (AvgIpc) is 3.15. The summed E-state index contributed by atoms with van der Waals surface area (Å²) in [7, 11) is 1.78. The van der Waals surface area contributed by atoms with Crippen LogP contribution in [0.2, 0.25) is 5.02 Å². The van der Waals surface area contributed by atoms with E-state index in [0.717, 1.165) is 16.8 Å². The number of amides is 1. The lowest BCUT2D eigenvalue weighted by molar-refractivity contribution is -0.112. The van der Waals surface area contributed by atoms with Crippen molar-refractivity contribution in [2.24, 2.45) is 0 Å². The molecule has 0 saturated carbocycles. The molecule has 1 aromatic heterocycles. The number of anilines is 1. The number of fused-ring (bicyclic) bond motifs is 1. The van der Waals surface area contributed by atoms with Crippen molar-refractivity contribution in [1.82, 2.24) is 0 Å². The van der Waals surface area contributed by atoms with Crippen molar-refractivity contribution in [2.75, 3.05) is 11.9 Å². The molecule has 1 amide bonds. The third-order valence-electron chi connectivity index (χ3n) is 4.14. The third-order valence-corrected chi connectivity index (χ3v) is 4.47. The van der Waals surface area contributed by atoms with Gasteiger partial charge >= 0.3 is 0 Å². The molecule has 0 aliphatic carbocycles. The van der Waals surface area contributed by atoms with Crippen molar-refractivity contribution in [2.45, 2.75) is 0 Å². The highest BCUT2D eigenvalue weighted by Crippen LogP contribution is 2.37. The summed E-state index contributed by atoms with van der Waals surface area (Å²) in [6.45, 7) is 0. The van der Waals surface area contributed by atoms with Crippen molar-refractivity contribution < 1.29 is 9.21 Å². The Morgan fingerprint density at radius 3 is 2.46 bits per heavy atom. The van der Waals surface area contributed by atoms with Crippen LogP contribution in [-0.4, -0.2) is 13.0 Å². The number of carbonyl (C=O) groups is 1. The third kappa shape index (κ3) is 2.34. The molecule has 0 bridgehead atoms.